The molecular formula is C22H18N2S. The average molecular weight is 342 g/mol. The van der Waals surface area contributed by atoms with Crippen molar-refractivity contribution in [3.63, 3.8) is 0 Å². The Kier molecular flexibility index (Phi) is 3.19. The van der Waals surface area contributed by atoms with Crippen LogP contribution in [-0.2, 0) is 5.54 Å². The Morgan fingerprint density at radius 2 is 1.48 bits per heavy atom. The van der Waals surface area contributed by atoms with E-state index in [1.54, 1.807) is 0 Å². The Bertz CT molecular complexity index is 993. The first-order chi connectivity index (χ1) is 12.3. The fraction of sp³-hybridized carbons (Fsp3) is 0.136. The summed E-state index contributed by atoms with van der Waals surface area (Å²) in [7, 11) is 0. The number of hydrogen-bond donors (Lipinski definition) is 0. The summed E-state index contributed by atoms with van der Waals surface area (Å²) in [5, 5.41) is 1.19. The highest BCUT2D eigenvalue weighted by atomic mass is 32.1. The molecule has 0 N–H and O–H groups in total. The van der Waals surface area contributed by atoms with Gasteiger partial charge in [0.25, 0.3) is 0 Å². The van der Waals surface area contributed by atoms with Gasteiger partial charge in [-0.15, -0.1) is 11.3 Å². The molecule has 2 heterocycles. The largest absolute Gasteiger partial charge is 0.347 e. The molecule has 0 aliphatic carbocycles. The van der Waals surface area contributed by atoms with Gasteiger partial charge in [0, 0.05) is 5.69 Å². The summed E-state index contributed by atoms with van der Waals surface area (Å²) in [6, 6.07) is 30.1. The molecule has 4 aromatic rings. The number of rotatable bonds is 3. The van der Waals surface area contributed by atoms with Crippen molar-refractivity contribution < 1.29 is 0 Å². The van der Waals surface area contributed by atoms with Gasteiger partial charge in [-0.2, -0.15) is 0 Å². The number of para-hydroxylation sites is 2. The Balaban J connectivity index is 1.65. The second-order valence-electron chi connectivity index (χ2n) is 6.64. The van der Waals surface area contributed by atoms with Crippen molar-refractivity contribution in [2.45, 2.75) is 18.5 Å². The van der Waals surface area contributed by atoms with Gasteiger partial charge < -0.3 is 4.90 Å². The summed E-state index contributed by atoms with van der Waals surface area (Å²) in [4.78, 5) is 7.43. The van der Waals surface area contributed by atoms with Crippen LogP contribution < -0.4 is 4.90 Å². The zero-order valence-corrected chi connectivity index (χ0v) is 14.8. The SMILES string of the molecule is CC1(c2ccccc2)C(c2nc3ccccc3s2)N1c1ccccc1. The zero-order chi connectivity index (χ0) is 16.9. The van der Waals surface area contributed by atoms with E-state index in [0.29, 0.717) is 0 Å². The molecule has 1 aliphatic heterocycles. The van der Waals surface area contributed by atoms with Crippen LogP contribution in [0.3, 0.4) is 0 Å². The normalized spacial score (nSPS) is 22.3. The zero-order valence-electron chi connectivity index (χ0n) is 14.0. The predicted molar refractivity (Wildman–Crippen MR) is 105 cm³/mol. The molecule has 3 aromatic carbocycles. The topological polar surface area (TPSA) is 15.9 Å². The van der Waals surface area contributed by atoms with Crippen LogP contribution in [0.5, 0.6) is 0 Å². The fourth-order valence-electron chi connectivity index (χ4n) is 3.83. The Morgan fingerprint density at radius 1 is 0.840 bits per heavy atom. The van der Waals surface area contributed by atoms with Gasteiger partial charge in [-0.25, -0.2) is 4.98 Å². The number of thiazole rings is 1. The molecule has 5 rings (SSSR count). The lowest BCUT2D eigenvalue weighted by Gasteiger charge is -2.13. The van der Waals surface area contributed by atoms with Gasteiger partial charge in [0.1, 0.15) is 11.0 Å². The molecule has 0 amide bonds. The predicted octanol–water partition coefficient (Wildman–Crippen LogP) is 5.77. The molecular weight excluding hydrogens is 324 g/mol. The number of benzene rings is 3. The van der Waals surface area contributed by atoms with Crippen LogP contribution in [0.1, 0.15) is 23.5 Å². The monoisotopic (exact) mass is 342 g/mol. The molecule has 1 aliphatic rings. The third-order valence-electron chi connectivity index (χ3n) is 5.16. The van der Waals surface area contributed by atoms with Crippen molar-refractivity contribution >= 4 is 27.2 Å². The lowest BCUT2D eigenvalue weighted by molar-refractivity contribution is 0.745. The van der Waals surface area contributed by atoms with E-state index >= 15 is 0 Å². The molecule has 25 heavy (non-hydrogen) atoms. The Morgan fingerprint density at radius 3 is 2.20 bits per heavy atom. The van der Waals surface area contributed by atoms with Gasteiger partial charge in [0.2, 0.25) is 0 Å². The smallest absolute Gasteiger partial charge is 0.119 e. The molecule has 0 radical (unpaired) electrons. The number of nitrogens with zero attached hydrogens (tertiary/aromatic N) is 2. The summed E-state index contributed by atoms with van der Waals surface area (Å²) < 4.78 is 1.26. The van der Waals surface area contributed by atoms with E-state index in [0.717, 1.165) is 5.52 Å². The van der Waals surface area contributed by atoms with Gasteiger partial charge in [0.05, 0.1) is 15.8 Å². The molecule has 1 fully saturated rings. The second kappa shape index (κ2) is 5.43. The molecule has 2 atom stereocenters. The highest BCUT2D eigenvalue weighted by Gasteiger charge is 2.62. The highest BCUT2D eigenvalue weighted by Crippen LogP contribution is 2.62. The molecule has 0 bridgehead atoms. The minimum Gasteiger partial charge on any atom is -0.347 e. The number of hydrogen-bond acceptors (Lipinski definition) is 3. The summed E-state index contributed by atoms with van der Waals surface area (Å²) in [6.07, 6.45) is 0. The van der Waals surface area contributed by atoms with Crippen molar-refractivity contribution in [3.05, 3.63) is 95.5 Å². The van der Waals surface area contributed by atoms with Gasteiger partial charge in [-0.1, -0.05) is 60.7 Å². The molecule has 2 unspecified atom stereocenters. The summed E-state index contributed by atoms with van der Waals surface area (Å²) in [5.41, 5.74) is 3.62. The van der Waals surface area contributed by atoms with Crippen LogP contribution in [0.2, 0.25) is 0 Å². The van der Waals surface area contributed by atoms with E-state index < -0.39 is 0 Å². The standard InChI is InChI=1S/C22H18N2S/c1-22(16-10-4-2-5-11-16)20(24(22)17-12-6-3-7-13-17)21-23-18-14-8-9-15-19(18)25-21/h2-15,20H,1H3. The van der Waals surface area contributed by atoms with Crippen LogP contribution in [0, 0.1) is 0 Å². The molecule has 0 saturated carbocycles. The van der Waals surface area contributed by atoms with E-state index in [4.69, 9.17) is 4.98 Å². The third kappa shape index (κ3) is 2.19. The molecule has 122 valence electrons. The third-order valence-corrected chi connectivity index (χ3v) is 6.25. The maximum absolute atomic E-state index is 4.95. The first kappa shape index (κ1) is 14.7. The van der Waals surface area contributed by atoms with Gasteiger partial charge >= 0.3 is 0 Å². The molecule has 1 saturated heterocycles. The molecule has 3 heteroatoms. The summed E-state index contributed by atoms with van der Waals surface area (Å²) in [5.74, 6) is 0. The van der Waals surface area contributed by atoms with Crippen LogP contribution in [0.25, 0.3) is 10.2 Å². The summed E-state index contributed by atoms with van der Waals surface area (Å²) in [6.45, 7) is 2.33. The molecule has 0 spiro atoms. The van der Waals surface area contributed by atoms with E-state index in [2.05, 4.69) is 96.8 Å². The fourth-order valence-corrected chi connectivity index (χ4v) is 5.01. The van der Waals surface area contributed by atoms with Crippen molar-refractivity contribution in [1.29, 1.82) is 0 Å². The maximum Gasteiger partial charge on any atom is 0.119 e. The second-order valence-corrected chi connectivity index (χ2v) is 7.70. The van der Waals surface area contributed by atoms with Crippen molar-refractivity contribution in [3.8, 4) is 0 Å². The highest BCUT2D eigenvalue weighted by molar-refractivity contribution is 7.18. The van der Waals surface area contributed by atoms with Crippen LogP contribution in [-0.4, -0.2) is 4.98 Å². The Labute approximate surface area is 151 Å². The van der Waals surface area contributed by atoms with Gasteiger partial charge in [0.15, 0.2) is 0 Å². The van der Waals surface area contributed by atoms with Crippen molar-refractivity contribution in [1.82, 2.24) is 4.98 Å². The lowest BCUT2D eigenvalue weighted by Crippen LogP contribution is -2.10. The van der Waals surface area contributed by atoms with Crippen LogP contribution >= 0.6 is 11.3 Å². The number of anilines is 1. The van der Waals surface area contributed by atoms with Crippen LogP contribution in [0.15, 0.2) is 84.9 Å². The molecule has 2 nitrogen and oxygen atoms in total. The quantitative estimate of drug-likeness (QED) is 0.439. The average Bonchev–Trinajstić information content (AvgIpc) is 3.09. The first-order valence-electron chi connectivity index (χ1n) is 8.54. The minimum absolute atomic E-state index is 0.0590. The van der Waals surface area contributed by atoms with E-state index in [9.17, 15) is 0 Å². The van der Waals surface area contributed by atoms with Crippen molar-refractivity contribution in [2.24, 2.45) is 0 Å². The Hall–Kier alpha value is -2.65. The lowest BCUT2D eigenvalue weighted by atomic mass is 9.97. The van der Waals surface area contributed by atoms with E-state index in [1.165, 1.54) is 21.0 Å². The van der Waals surface area contributed by atoms with Gasteiger partial charge in [-0.3, -0.25) is 0 Å². The van der Waals surface area contributed by atoms with Crippen molar-refractivity contribution in [2.75, 3.05) is 4.90 Å². The van der Waals surface area contributed by atoms with E-state index in [1.807, 2.05) is 11.3 Å². The number of aromatic nitrogens is 1. The maximum atomic E-state index is 4.95. The van der Waals surface area contributed by atoms with Gasteiger partial charge in [-0.05, 0) is 36.8 Å². The summed E-state index contributed by atoms with van der Waals surface area (Å²) >= 11 is 1.81. The van der Waals surface area contributed by atoms with E-state index in [-0.39, 0.29) is 11.6 Å². The minimum atomic E-state index is -0.0590. The first-order valence-corrected chi connectivity index (χ1v) is 9.35. The molecule has 1 aromatic heterocycles. The number of fused-ring (bicyclic) bond motifs is 1. The van der Waals surface area contributed by atoms with Crippen LogP contribution in [0.4, 0.5) is 5.69 Å².